The first kappa shape index (κ1) is 22.3. The van der Waals surface area contributed by atoms with E-state index in [1.54, 1.807) is 0 Å². The van der Waals surface area contributed by atoms with Gasteiger partial charge in [-0.2, -0.15) is 0 Å². The highest BCUT2D eigenvalue weighted by molar-refractivity contribution is 6.30. The Morgan fingerprint density at radius 2 is 2.00 bits per heavy atom. The number of halogens is 1. The van der Waals surface area contributed by atoms with Crippen molar-refractivity contribution in [2.75, 3.05) is 13.1 Å². The van der Waals surface area contributed by atoms with Crippen molar-refractivity contribution in [1.29, 1.82) is 0 Å². The Hall–Kier alpha value is -1.94. The first-order valence-corrected chi connectivity index (χ1v) is 12.0. The normalized spacial score (nSPS) is 26.3. The number of hydrogen-bond donors (Lipinski definition) is 1. The highest BCUT2D eigenvalue weighted by Gasteiger charge is 2.41. The number of likely N-dealkylation sites (tertiary alicyclic amines) is 1. The summed E-state index contributed by atoms with van der Waals surface area (Å²) < 4.78 is 5.60. The van der Waals surface area contributed by atoms with Crippen LogP contribution in [0.3, 0.4) is 0 Å². The maximum absolute atomic E-state index is 12.6. The van der Waals surface area contributed by atoms with Crippen molar-refractivity contribution >= 4 is 17.7 Å². The fraction of sp³-hybridized carbons (Fsp3) is 0.577. The number of benzene rings is 1. The minimum absolute atomic E-state index is 0.190. The number of ether oxygens (including phenoxy) is 1. The molecule has 0 spiro atoms. The van der Waals surface area contributed by atoms with Crippen LogP contribution in [-0.2, 0) is 11.2 Å². The minimum Gasteiger partial charge on any atom is -0.444 e. The lowest BCUT2D eigenvalue weighted by Crippen LogP contribution is -2.46. The van der Waals surface area contributed by atoms with E-state index in [0.29, 0.717) is 23.8 Å². The van der Waals surface area contributed by atoms with Crippen molar-refractivity contribution in [3.05, 3.63) is 58.3 Å². The third-order valence-corrected chi connectivity index (χ3v) is 7.21. The number of nitrogens with one attached hydrogen (secondary N) is 1. The lowest BCUT2D eigenvalue weighted by molar-refractivity contribution is 0.0170. The Bertz CT molecular complexity index is 878. The molecule has 168 valence electrons. The number of allylic oxidation sites excluding steroid dienone is 2. The van der Waals surface area contributed by atoms with Gasteiger partial charge in [-0.1, -0.05) is 30.7 Å². The quantitative estimate of drug-likeness (QED) is 0.604. The smallest absolute Gasteiger partial charge is 0.410 e. The molecular formula is C26H35ClN2O2. The van der Waals surface area contributed by atoms with Gasteiger partial charge in [0.1, 0.15) is 5.60 Å². The zero-order valence-corrected chi connectivity index (χ0v) is 19.9. The van der Waals surface area contributed by atoms with Gasteiger partial charge in [-0.05, 0) is 99.4 Å². The van der Waals surface area contributed by atoms with Crippen molar-refractivity contribution in [2.45, 2.75) is 70.9 Å². The van der Waals surface area contributed by atoms with Gasteiger partial charge in [0.15, 0.2) is 0 Å². The Labute approximate surface area is 191 Å². The summed E-state index contributed by atoms with van der Waals surface area (Å²) in [4.78, 5) is 14.4. The van der Waals surface area contributed by atoms with Crippen LogP contribution in [0.5, 0.6) is 0 Å². The van der Waals surface area contributed by atoms with Gasteiger partial charge < -0.3 is 15.0 Å². The van der Waals surface area contributed by atoms with Crippen molar-refractivity contribution in [3.63, 3.8) is 0 Å². The van der Waals surface area contributed by atoms with Gasteiger partial charge in [0.2, 0.25) is 0 Å². The number of carbonyl (C=O) groups is 1. The van der Waals surface area contributed by atoms with Crippen LogP contribution in [0.4, 0.5) is 4.79 Å². The van der Waals surface area contributed by atoms with Gasteiger partial charge in [-0.15, -0.1) is 0 Å². The summed E-state index contributed by atoms with van der Waals surface area (Å²) >= 11 is 6.41. The molecule has 1 amide bonds. The molecule has 0 aromatic heterocycles. The average Bonchev–Trinajstić information content (AvgIpc) is 2.86. The summed E-state index contributed by atoms with van der Waals surface area (Å²) in [5.74, 6) is 1.40. The average molecular weight is 443 g/mol. The van der Waals surface area contributed by atoms with Gasteiger partial charge in [-0.3, -0.25) is 0 Å². The van der Waals surface area contributed by atoms with Crippen LogP contribution in [0.25, 0.3) is 0 Å². The number of rotatable bonds is 2. The number of carbonyl (C=O) groups excluding carboxylic acids is 1. The summed E-state index contributed by atoms with van der Waals surface area (Å²) in [6.07, 6.45) is 10.5. The second kappa shape index (κ2) is 8.90. The molecule has 4 nitrogen and oxygen atoms in total. The summed E-state index contributed by atoms with van der Waals surface area (Å²) in [5, 5.41) is 4.52. The molecule has 0 bridgehead atoms. The molecule has 31 heavy (non-hydrogen) atoms. The highest BCUT2D eigenvalue weighted by Crippen LogP contribution is 2.45. The molecule has 1 aliphatic carbocycles. The van der Waals surface area contributed by atoms with Crippen LogP contribution in [0.15, 0.2) is 42.1 Å². The van der Waals surface area contributed by atoms with E-state index in [2.05, 4.69) is 42.7 Å². The van der Waals surface area contributed by atoms with E-state index in [1.165, 1.54) is 16.7 Å². The molecule has 1 aromatic rings. The van der Waals surface area contributed by atoms with E-state index >= 15 is 0 Å². The highest BCUT2D eigenvalue weighted by atomic mass is 35.5. The summed E-state index contributed by atoms with van der Waals surface area (Å²) in [5.41, 5.74) is 3.86. The number of amides is 1. The summed E-state index contributed by atoms with van der Waals surface area (Å²) in [6.45, 7) is 9.54. The predicted molar refractivity (Wildman–Crippen MR) is 126 cm³/mol. The molecular weight excluding hydrogens is 408 g/mol. The van der Waals surface area contributed by atoms with Crippen LogP contribution in [0.1, 0.15) is 64.0 Å². The summed E-state index contributed by atoms with van der Waals surface area (Å²) in [7, 11) is 0. The first-order valence-electron chi connectivity index (χ1n) is 11.7. The van der Waals surface area contributed by atoms with Gasteiger partial charge in [-0.25, -0.2) is 4.79 Å². The standard InChI is InChI=1S/C26H35ClN2O2/c1-5-17-15-19-16-20(27)8-9-21(19)23(24-22(17)7-6-12-28-24)18-10-13-29(14-11-18)25(30)31-26(2,3)4/h6-9,12,16-18,23-24,28H,5,10-11,13-15H2,1-4H3. The monoisotopic (exact) mass is 442 g/mol. The van der Waals surface area contributed by atoms with Crippen LogP contribution in [0, 0.1) is 11.8 Å². The van der Waals surface area contributed by atoms with E-state index in [4.69, 9.17) is 16.3 Å². The Kier molecular flexibility index (Phi) is 6.39. The van der Waals surface area contributed by atoms with Crippen LogP contribution >= 0.6 is 11.6 Å². The van der Waals surface area contributed by atoms with Gasteiger partial charge in [0.25, 0.3) is 0 Å². The maximum Gasteiger partial charge on any atom is 0.410 e. The molecule has 1 fully saturated rings. The largest absolute Gasteiger partial charge is 0.444 e. The first-order chi connectivity index (χ1) is 14.8. The Morgan fingerprint density at radius 3 is 2.68 bits per heavy atom. The van der Waals surface area contributed by atoms with Crippen LogP contribution in [0.2, 0.25) is 5.02 Å². The zero-order chi connectivity index (χ0) is 22.2. The molecule has 1 saturated heterocycles. The minimum atomic E-state index is -0.458. The number of nitrogens with zero attached hydrogens (tertiary/aromatic N) is 1. The lowest BCUT2D eigenvalue weighted by atomic mass is 9.72. The van der Waals surface area contributed by atoms with Crippen molar-refractivity contribution < 1.29 is 9.53 Å². The molecule has 4 rings (SSSR count). The topological polar surface area (TPSA) is 41.6 Å². The number of hydrogen-bond acceptors (Lipinski definition) is 3. The second-order valence-electron chi connectivity index (χ2n) is 10.2. The van der Waals surface area contributed by atoms with E-state index in [1.807, 2.05) is 31.7 Å². The Balaban J connectivity index is 1.60. The van der Waals surface area contributed by atoms with Gasteiger partial charge in [0, 0.05) is 24.0 Å². The van der Waals surface area contributed by atoms with Gasteiger partial charge >= 0.3 is 6.09 Å². The Morgan fingerprint density at radius 1 is 1.26 bits per heavy atom. The molecule has 3 aliphatic rings. The predicted octanol–water partition coefficient (Wildman–Crippen LogP) is 6.06. The molecule has 2 aliphatic heterocycles. The molecule has 0 radical (unpaired) electrons. The van der Waals surface area contributed by atoms with Crippen molar-refractivity contribution in [3.8, 4) is 0 Å². The third-order valence-electron chi connectivity index (χ3n) is 6.97. The SMILES string of the molecule is CCC1Cc2cc(Cl)ccc2C(C2CCN(C(=O)OC(C)(C)C)CC2)C2NC=CC=C12. The van der Waals surface area contributed by atoms with Crippen LogP contribution in [-0.4, -0.2) is 35.7 Å². The van der Waals surface area contributed by atoms with E-state index in [9.17, 15) is 4.79 Å². The maximum atomic E-state index is 12.6. The second-order valence-corrected chi connectivity index (χ2v) is 10.6. The number of dihydropyridines is 1. The van der Waals surface area contributed by atoms with Crippen molar-refractivity contribution in [2.24, 2.45) is 11.8 Å². The van der Waals surface area contributed by atoms with E-state index < -0.39 is 5.60 Å². The molecule has 1 aromatic carbocycles. The lowest BCUT2D eigenvalue weighted by Gasteiger charge is -2.41. The molecule has 2 heterocycles. The molecule has 5 heteroatoms. The third kappa shape index (κ3) is 4.79. The molecule has 3 unspecified atom stereocenters. The molecule has 1 N–H and O–H groups in total. The fourth-order valence-electron chi connectivity index (χ4n) is 5.53. The zero-order valence-electron chi connectivity index (χ0n) is 19.2. The number of piperidine rings is 1. The van der Waals surface area contributed by atoms with E-state index in [0.717, 1.165) is 43.8 Å². The van der Waals surface area contributed by atoms with Crippen LogP contribution < -0.4 is 5.32 Å². The van der Waals surface area contributed by atoms with E-state index in [-0.39, 0.29) is 6.09 Å². The molecule has 3 atom stereocenters. The fourth-order valence-corrected chi connectivity index (χ4v) is 5.73. The molecule has 0 saturated carbocycles. The van der Waals surface area contributed by atoms with Crippen molar-refractivity contribution in [1.82, 2.24) is 10.2 Å². The van der Waals surface area contributed by atoms with Gasteiger partial charge in [0.05, 0.1) is 6.04 Å². The summed E-state index contributed by atoms with van der Waals surface area (Å²) in [6, 6.07) is 6.76. The number of fused-ring (bicyclic) bond motifs is 2.